The van der Waals surface area contributed by atoms with Gasteiger partial charge in [0.1, 0.15) is 5.54 Å². The van der Waals surface area contributed by atoms with Gasteiger partial charge in [0.05, 0.1) is 5.56 Å². The molecule has 1 aromatic carbocycles. The molecule has 8 nitrogen and oxygen atoms in total. The van der Waals surface area contributed by atoms with Crippen LogP contribution in [0.3, 0.4) is 0 Å². The fraction of sp³-hybridized carbons (Fsp3) is 0.636. The van der Waals surface area contributed by atoms with E-state index in [1.807, 2.05) is 13.0 Å². The number of amides is 1. The molecule has 4 fully saturated rings. The first-order valence-electron chi connectivity index (χ1n) is 16.0. The molecule has 1 aromatic heterocycles. The van der Waals surface area contributed by atoms with Gasteiger partial charge in [0.15, 0.2) is 5.69 Å². The minimum absolute atomic E-state index is 0.114. The lowest BCUT2D eigenvalue weighted by Crippen LogP contribution is -2.57. The third-order valence-electron chi connectivity index (χ3n) is 11.2. The second-order valence-corrected chi connectivity index (χ2v) is 14.0. The van der Waals surface area contributed by atoms with Gasteiger partial charge in [0.2, 0.25) is 5.95 Å². The largest absolute Gasteiger partial charge is 0.479 e. The quantitative estimate of drug-likeness (QED) is 0.405. The summed E-state index contributed by atoms with van der Waals surface area (Å²) in [7, 11) is 0. The third kappa shape index (κ3) is 4.86. The number of alkyl halides is 3. The van der Waals surface area contributed by atoms with E-state index in [0.29, 0.717) is 44.4 Å². The fourth-order valence-electron chi connectivity index (χ4n) is 9.13. The molecule has 1 saturated heterocycles. The van der Waals surface area contributed by atoms with Crippen LogP contribution in [0.2, 0.25) is 0 Å². The second kappa shape index (κ2) is 10.7. The van der Waals surface area contributed by atoms with Crippen molar-refractivity contribution in [1.29, 1.82) is 0 Å². The van der Waals surface area contributed by atoms with Crippen molar-refractivity contribution in [2.24, 2.45) is 17.8 Å². The zero-order valence-corrected chi connectivity index (χ0v) is 25.0. The first kappa shape index (κ1) is 29.5. The molecule has 3 aliphatic carbocycles. The molecule has 236 valence electrons. The molecule has 2 aromatic rings. The van der Waals surface area contributed by atoms with Gasteiger partial charge >= 0.3 is 12.1 Å². The van der Waals surface area contributed by atoms with Crippen molar-refractivity contribution >= 4 is 23.5 Å². The number of ether oxygens (including phenoxy) is 1. The zero-order valence-electron chi connectivity index (χ0n) is 25.0. The summed E-state index contributed by atoms with van der Waals surface area (Å²) in [4.78, 5) is 36.1. The Bertz CT molecular complexity index is 1470. The SMILES string of the molecule is CC1CC2CC(C1)C(NC(=O)c1cnc(N3CC4(CCOCC4)c4cc(C5CCCC5)ccc43)nc1C(F)(F)F)(C(=O)O)C2. The van der Waals surface area contributed by atoms with E-state index in [4.69, 9.17) is 4.74 Å². The molecule has 5 aliphatic rings. The van der Waals surface area contributed by atoms with Crippen LogP contribution in [0, 0.1) is 17.8 Å². The van der Waals surface area contributed by atoms with Crippen LogP contribution in [-0.4, -0.2) is 52.2 Å². The third-order valence-corrected chi connectivity index (χ3v) is 11.2. The Balaban J connectivity index is 1.24. The van der Waals surface area contributed by atoms with Crippen LogP contribution < -0.4 is 10.2 Å². The van der Waals surface area contributed by atoms with Crippen LogP contribution >= 0.6 is 0 Å². The van der Waals surface area contributed by atoms with Gasteiger partial charge < -0.3 is 20.1 Å². The number of halogens is 3. The van der Waals surface area contributed by atoms with Crippen LogP contribution in [0.15, 0.2) is 24.4 Å². The highest BCUT2D eigenvalue weighted by molar-refractivity contribution is 5.99. The number of hydrogen-bond acceptors (Lipinski definition) is 6. The standard InChI is InChI=1S/C33H39F3N4O4/c1-19-12-20-14-23(13-19)32(16-20,29(42)43)39-28(41)24-17-37-30(38-27(24)33(34,35)36)40-18-31(8-10-44-11-9-31)25-15-22(6-7-26(25)40)21-4-2-3-5-21/h6-7,15,17,19-21,23H,2-5,8-14,16,18H2,1H3,(H,39,41)(H,42,43). The Morgan fingerprint density at radius 3 is 2.57 bits per heavy atom. The Hall–Kier alpha value is -3.21. The van der Waals surface area contributed by atoms with Gasteiger partial charge in [0, 0.05) is 37.1 Å². The van der Waals surface area contributed by atoms with Gasteiger partial charge in [-0.05, 0) is 92.2 Å². The minimum Gasteiger partial charge on any atom is -0.479 e. The van der Waals surface area contributed by atoms with Gasteiger partial charge in [-0.25, -0.2) is 14.8 Å². The van der Waals surface area contributed by atoms with E-state index in [9.17, 15) is 27.9 Å². The lowest BCUT2D eigenvalue weighted by atomic mass is 9.75. The lowest BCUT2D eigenvalue weighted by Gasteiger charge is -2.34. The predicted octanol–water partition coefficient (Wildman–Crippen LogP) is 6.36. The molecule has 1 spiro atoms. The number of carboxylic acids is 1. The summed E-state index contributed by atoms with van der Waals surface area (Å²) in [6, 6.07) is 6.31. The number of rotatable bonds is 5. The van der Waals surface area contributed by atoms with Crippen molar-refractivity contribution in [3.05, 3.63) is 46.8 Å². The van der Waals surface area contributed by atoms with E-state index in [1.165, 1.54) is 18.4 Å². The maximum absolute atomic E-state index is 14.6. The topological polar surface area (TPSA) is 105 Å². The van der Waals surface area contributed by atoms with E-state index < -0.39 is 34.8 Å². The van der Waals surface area contributed by atoms with Crippen molar-refractivity contribution < 1.29 is 32.6 Å². The van der Waals surface area contributed by atoms with E-state index >= 15 is 0 Å². The molecular formula is C33H39F3N4O4. The summed E-state index contributed by atoms with van der Waals surface area (Å²) in [6.07, 6.45) is 4.45. The number of aliphatic carboxylic acids is 1. The number of aromatic nitrogens is 2. The van der Waals surface area contributed by atoms with Gasteiger partial charge in [-0.3, -0.25) is 4.79 Å². The van der Waals surface area contributed by atoms with Gasteiger partial charge in [-0.15, -0.1) is 0 Å². The molecule has 4 unspecified atom stereocenters. The number of benzene rings is 1. The number of fused-ring (bicyclic) bond motifs is 4. The van der Waals surface area contributed by atoms with E-state index in [0.717, 1.165) is 49.6 Å². The highest BCUT2D eigenvalue weighted by atomic mass is 19.4. The minimum atomic E-state index is -4.95. The van der Waals surface area contributed by atoms with Gasteiger partial charge in [0.25, 0.3) is 5.91 Å². The summed E-state index contributed by atoms with van der Waals surface area (Å²) in [5.41, 5.74) is -0.832. The molecule has 0 radical (unpaired) electrons. The molecule has 7 rings (SSSR count). The maximum atomic E-state index is 14.6. The summed E-state index contributed by atoms with van der Waals surface area (Å²) in [5.74, 6) is -1.86. The molecule has 44 heavy (non-hydrogen) atoms. The number of hydrogen-bond donors (Lipinski definition) is 2. The smallest absolute Gasteiger partial charge is 0.434 e. The Kier molecular flexibility index (Phi) is 7.18. The number of carbonyl (C=O) groups excluding carboxylic acids is 1. The molecule has 4 atom stereocenters. The van der Waals surface area contributed by atoms with E-state index in [1.54, 1.807) is 4.90 Å². The van der Waals surface area contributed by atoms with Crippen molar-refractivity contribution in [3.8, 4) is 0 Å². The highest BCUT2D eigenvalue weighted by Gasteiger charge is 2.57. The van der Waals surface area contributed by atoms with Crippen molar-refractivity contribution in [1.82, 2.24) is 15.3 Å². The predicted molar refractivity (Wildman–Crippen MR) is 156 cm³/mol. The zero-order chi connectivity index (χ0) is 30.9. The summed E-state index contributed by atoms with van der Waals surface area (Å²) < 4.78 is 49.3. The normalized spacial score (nSPS) is 29.6. The Labute approximate surface area is 254 Å². The van der Waals surface area contributed by atoms with Gasteiger partial charge in [-0.1, -0.05) is 31.9 Å². The van der Waals surface area contributed by atoms with E-state index in [-0.39, 0.29) is 29.6 Å². The second-order valence-electron chi connectivity index (χ2n) is 14.0. The number of carboxylic acid groups (broad SMARTS) is 1. The average molecular weight is 613 g/mol. The van der Waals surface area contributed by atoms with Crippen LogP contribution in [0.25, 0.3) is 0 Å². The average Bonchev–Trinajstić information content (AvgIpc) is 3.69. The Morgan fingerprint density at radius 1 is 1.11 bits per heavy atom. The van der Waals surface area contributed by atoms with Crippen molar-refractivity contribution in [2.75, 3.05) is 24.7 Å². The van der Waals surface area contributed by atoms with E-state index in [2.05, 4.69) is 27.4 Å². The molecule has 2 bridgehead atoms. The lowest BCUT2D eigenvalue weighted by molar-refractivity contribution is -0.146. The maximum Gasteiger partial charge on any atom is 0.434 e. The molecule has 2 aliphatic heterocycles. The molecule has 11 heteroatoms. The van der Waals surface area contributed by atoms with Crippen molar-refractivity contribution in [2.45, 2.75) is 94.2 Å². The van der Waals surface area contributed by atoms with Gasteiger partial charge in [-0.2, -0.15) is 13.2 Å². The first-order valence-corrected chi connectivity index (χ1v) is 16.0. The monoisotopic (exact) mass is 612 g/mol. The first-order chi connectivity index (χ1) is 21.0. The number of anilines is 2. The fourth-order valence-corrected chi connectivity index (χ4v) is 9.13. The molecule has 3 heterocycles. The Morgan fingerprint density at radius 2 is 1.86 bits per heavy atom. The summed E-state index contributed by atoms with van der Waals surface area (Å²) >= 11 is 0. The van der Waals surface area contributed by atoms with Crippen LogP contribution in [0.1, 0.15) is 104 Å². The number of nitrogens with zero attached hydrogens (tertiary/aromatic N) is 3. The molecule has 3 saturated carbocycles. The molecular weight excluding hydrogens is 573 g/mol. The van der Waals surface area contributed by atoms with Crippen LogP contribution in [0.5, 0.6) is 0 Å². The molecule has 1 amide bonds. The number of carbonyl (C=O) groups is 2. The summed E-state index contributed by atoms with van der Waals surface area (Å²) in [6.45, 7) is 3.61. The van der Waals surface area contributed by atoms with Crippen LogP contribution in [-0.2, 0) is 21.1 Å². The summed E-state index contributed by atoms with van der Waals surface area (Å²) in [5, 5.41) is 12.8. The number of nitrogens with one attached hydrogen (secondary N) is 1. The highest BCUT2D eigenvalue weighted by Crippen LogP contribution is 2.52. The van der Waals surface area contributed by atoms with Crippen molar-refractivity contribution in [3.63, 3.8) is 0 Å². The molecule has 2 N–H and O–H groups in total. The van der Waals surface area contributed by atoms with Crippen LogP contribution in [0.4, 0.5) is 24.8 Å².